The molecule has 1 N–H and O–H groups in total. The van der Waals surface area contributed by atoms with E-state index in [0.717, 1.165) is 15.7 Å². The van der Waals surface area contributed by atoms with Crippen molar-refractivity contribution in [1.82, 2.24) is 4.90 Å². The van der Waals surface area contributed by atoms with Crippen LogP contribution in [0.2, 0.25) is 0 Å². The molecule has 0 aliphatic carbocycles. The van der Waals surface area contributed by atoms with Gasteiger partial charge < -0.3 is 10.2 Å². The molecule has 0 fully saturated rings. The molecule has 2 amide bonds. The Labute approximate surface area is 98.6 Å². The minimum Gasteiger partial charge on any atom is -0.331 e. The van der Waals surface area contributed by atoms with Gasteiger partial charge in [-0.15, -0.1) is 0 Å². The van der Waals surface area contributed by atoms with Gasteiger partial charge in [-0.2, -0.15) is 0 Å². The molecular weight excluding hydrogens is 256 g/mol. The van der Waals surface area contributed by atoms with Gasteiger partial charge in [0.2, 0.25) is 0 Å². The second-order valence-corrected chi connectivity index (χ2v) is 4.62. The molecule has 0 heterocycles. The lowest BCUT2D eigenvalue weighted by molar-refractivity contribution is 0.230. The fourth-order valence-electron chi connectivity index (χ4n) is 1.29. The summed E-state index contributed by atoms with van der Waals surface area (Å²) in [6.07, 6.45) is 0. The van der Waals surface area contributed by atoms with Gasteiger partial charge in [0.25, 0.3) is 0 Å². The van der Waals surface area contributed by atoms with Gasteiger partial charge in [-0.3, -0.25) is 0 Å². The molecule has 0 atom stereocenters. The number of hydrogen-bond donors (Lipinski definition) is 1. The number of carbonyl (C=O) groups is 1. The molecule has 15 heavy (non-hydrogen) atoms. The first-order valence-corrected chi connectivity index (χ1v) is 5.46. The van der Waals surface area contributed by atoms with E-state index in [9.17, 15) is 4.79 Å². The summed E-state index contributed by atoms with van der Waals surface area (Å²) in [7, 11) is 3.43. The van der Waals surface area contributed by atoms with Gasteiger partial charge in [-0.1, -0.05) is 6.07 Å². The van der Waals surface area contributed by atoms with Crippen molar-refractivity contribution < 1.29 is 4.79 Å². The maximum absolute atomic E-state index is 11.5. The van der Waals surface area contributed by atoms with E-state index in [2.05, 4.69) is 21.2 Å². The minimum absolute atomic E-state index is 0.123. The van der Waals surface area contributed by atoms with Crippen LogP contribution in [-0.2, 0) is 0 Å². The first-order valence-electron chi connectivity index (χ1n) is 4.67. The second-order valence-electron chi connectivity index (χ2n) is 3.76. The summed E-state index contributed by atoms with van der Waals surface area (Å²) in [5, 5.41) is 2.85. The zero-order valence-corrected chi connectivity index (χ0v) is 11.0. The van der Waals surface area contributed by atoms with Gasteiger partial charge in [0.15, 0.2) is 0 Å². The number of rotatable bonds is 1. The van der Waals surface area contributed by atoms with Crippen molar-refractivity contribution in [3.8, 4) is 0 Å². The van der Waals surface area contributed by atoms with Gasteiger partial charge >= 0.3 is 6.03 Å². The molecule has 1 aromatic rings. The quantitative estimate of drug-likeness (QED) is 0.836. The van der Waals surface area contributed by atoms with Gasteiger partial charge in [-0.05, 0) is 47.0 Å². The summed E-state index contributed by atoms with van der Waals surface area (Å²) in [6.45, 7) is 4.00. The van der Waals surface area contributed by atoms with E-state index >= 15 is 0 Å². The van der Waals surface area contributed by atoms with Crippen molar-refractivity contribution in [2.24, 2.45) is 0 Å². The Balaban J connectivity index is 3.00. The van der Waals surface area contributed by atoms with E-state index in [4.69, 9.17) is 0 Å². The molecule has 0 unspecified atom stereocenters. The van der Waals surface area contributed by atoms with E-state index in [1.54, 1.807) is 14.1 Å². The van der Waals surface area contributed by atoms with Crippen LogP contribution in [0.1, 0.15) is 11.1 Å². The molecule has 0 aromatic heterocycles. The number of urea groups is 1. The van der Waals surface area contributed by atoms with Crippen molar-refractivity contribution in [2.75, 3.05) is 19.4 Å². The molecule has 0 bridgehead atoms. The molecule has 0 aliphatic rings. The number of halogens is 1. The molecule has 0 saturated carbocycles. The maximum atomic E-state index is 11.5. The molecule has 0 spiro atoms. The van der Waals surface area contributed by atoms with Gasteiger partial charge in [0.1, 0.15) is 0 Å². The highest BCUT2D eigenvalue weighted by Crippen LogP contribution is 2.27. The topological polar surface area (TPSA) is 32.3 Å². The standard InChI is InChI=1S/C11H15BrN2O/c1-7-5-8(2)10(9(12)6-7)13-11(15)14(3)4/h5-6H,1-4H3,(H,13,15). The first-order chi connectivity index (χ1) is 6.91. The van der Waals surface area contributed by atoms with E-state index in [-0.39, 0.29) is 6.03 Å². The minimum atomic E-state index is -0.123. The Morgan fingerprint density at radius 2 is 1.93 bits per heavy atom. The number of anilines is 1. The lowest BCUT2D eigenvalue weighted by Gasteiger charge is -2.15. The zero-order valence-electron chi connectivity index (χ0n) is 9.39. The smallest absolute Gasteiger partial charge is 0.321 e. The zero-order chi connectivity index (χ0) is 11.6. The van der Waals surface area contributed by atoms with Crippen molar-refractivity contribution in [2.45, 2.75) is 13.8 Å². The van der Waals surface area contributed by atoms with Crippen LogP contribution in [0.15, 0.2) is 16.6 Å². The molecule has 4 heteroatoms. The molecule has 82 valence electrons. The van der Waals surface area contributed by atoms with Crippen LogP contribution in [0, 0.1) is 13.8 Å². The third kappa shape index (κ3) is 2.96. The summed E-state index contributed by atoms with van der Waals surface area (Å²) in [5.74, 6) is 0. The fraction of sp³-hybridized carbons (Fsp3) is 0.364. The fourth-order valence-corrected chi connectivity index (χ4v) is 2.07. The van der Waals surface area contributed by atoms with E-state index in [1.165, 1.54) is 10.5 Å². The molecule has 0 radical (unpaired) electrons. The average molecular weight is 271 g/mol. The van der Waals surface area contributed by atoms with Crippen LogP contribution in [0.4, 0.5) is 10.5 Å². The molecule has 0 aliphatic heterocycles. The highest BCUT2D eigenvalue weighted by Gasteiger charge is 2.09. The molecule has 0 saturated heterocycles. The molecule has 1 rings (SSSR count). The van der Waals surface area contributed by atoms with Gasteiger partial charge in [0, 0.05) is 18.6 Å². The van der Waals surface area contributed by atoms with Gasteiger partial charge in [0.05, 0.1) is 5.69 Å². The Morgan fingerprint density at radius 1 is 1.33 bits per heavy atom. The number of hydrogen-bond acceptors (Lipinski definition) is 1. The van der Waals surface area contributed by atoms with Crippen LogP contribution >= 0.6 is 15.9 Å². The number of carbonyl (C=O) groups excluding carboxylic acids is 1. The van der Waals surface area contributed by atoms with Crippen molar-refractivity contribution in [1.29, 1.82) is 0 Å². The highest BCUT2D eigenvalue weighted by atomic mass is 79.9. The van der Waals surface area contributed by atoms with E-state index < -0.39 is 0 Å². The van der Waals surface area contributed by atoms with Crippen LogP contribution in [-0.4, -0.2) is 25.0 Å². The third-order valence-corrected chi connectivity index (χ3v) is 2.70. The first kappa shape index (κ1) is 12.0. The molecular formula is C11H15BrN2O. The maximum Gasteiger partial charge on any atom is 0.321 e. The van der Waals surface area contributed by atoms with Crippen molar-refractivity contribution in [3.63, 3.8) is 0 Å². The molecule has 1 aromatic carbocycles. The van der Waals surface area contributed by atoms with Crippen LogP contribution in [0.25, 0.3) is 0 Å². The Bertz CT molecular complexity index is 365. The lowest BCUT2D eigenvalue weighted by Crippen LogP contribution is -2.27. The monoisotopic (exact) mass is 270 g/mol. The largest absolute Gasteiger partial charge is 0.331 e. The summed E-state index contributed by atoms with van der Waals surface area (Å²) in [4.78, 5) is 13.0. The predicted octanol–water partition coefficient (Wildman–Crippen LogP) is 3.16. The SMILES string of the molecule is Cc1cc(C)c(NC(=O)N(C)C)c(Br)c1. The number of amides is 2. The molecule has 3 nitrogen and oxygen atoms in total. The van der Waals surface area contributed by atoms with Crippen LogP contribution in [0.3, 0.4) is 0 Å². The summed E-state index contributed by atoms with van der Waals surface area (Å²) in [5.41, 5.74) is 3.05. The van der Waals surface area contributed by atoms with Gasteiger partial charge in [-0.25, -0.2) is 4.79 Å². The summed E-state index contributed by atoms with van der Waals surface area (Å²) < 4.78 is 0.912. The van der Waals surface area contributed by atoms with Crippen molar-refractivity contribution in [3.05, 3.63) is 27.7 Å². The van der Waals surface area contributed by atoms with E-state index in [0.29, 0.717) is 0 Å². The predicted molar refractivity (Wildman–Crippen MR) is 66.3 cm³/mol. The number of aryl methyl sites for hydroxylation is 2. The van der Waals surface area contributed by atoms with Crippen LogP contribution in [0.5, 0.6) is 0 Å². The Hall–Kier alpha value is -1.03. The highest BCUT2D eigenvalue weighted by molar-refractivity contribution is 9.10. The summed E-state index contributed by atoms with van der Waals surface area (Å²) in [6, 6.07) is 3.90. The number of benzene rings is 1. The third-order valence-electron chi connectivity index (χ3n) is 2.07. The lowest BCUT2D eigenvalue weighted by atomic mass is 10.1. The Kier molecular flexibility index (Phi) is 3.74. The van der Waals surface area contributed by atoms with E-state index in [1.807, 2.05) is 26.0 Å². The second kappa shape index (κ2) is 4.66. The Morgan fingerprint density at radius 3 is 2.40 bits per heavy atom. The van der Waals surface area contributed by atoms with Crippen LogP contribution < -0.4 is 5.32 Å². The normalized spacial score (nSPS) is 9.93. The average Bonchev–Trinajstić information content (AvgIpc) is 2.10. The van der Waals surface area contributed by atoms with Crippen molar-refractivity contribution >= 4 is 27.6 Å². The number of nitrogens with zero attached hydrogens (tertiary/aromatic N) is 1. The number of nitrogens with one attached hydrogen (secondary N) is 1. The summed E-state index contributed by atoms with van der Waals surface area (Å²) >= 11 is 3.44.